The molecule has 1 fully saturated rings. The number of nitrogens with zero attached hydrogens (tertiary/aromatic N) is 1. The number of aliphatic carboxylic acids is 1. The fraction of sp³-hybridized carbons (Fsp3) is 0.846. The van der Waals surface area contributed by atoms with Gasteiger partial charge in [-0.15, -0.1) is 0 Å². The van der Waals surface area contributed by atoms with Gasteiger partial charge in [0, 0.05) is 19.6 Å². The monoisotopic (exact) mass is 272 g/mol. The maximum absolute atomic E-state index is 11.9. The Bertz CT molecular complexity index is 312. The number of carbonyl (C=O) groups excluding carboxylic acids is 1. The average Bonchev–Trinajstić information content (AvgIpc) is 2.32. The second-order valence-corrected chi connectivity index (χ2v) is 5.28. The van der Waals surface area contributed by atoms with Crippen LogP contribution >= 0.6 is 0 Å². The summed E-state index contributed by atoms with van der Waals surface area (Å²) in [6.07, 6.45) is 1.36. The molecule has 0 aromatic heterocycles. The lowest BCUT2D eigenvalue weighted by Gasteiger charge is -2.35. The number of nitrogens with one attached hydrogen (secondary N) is 1. The molecule has 0 radical (unpaired) electrons. The smallest absolute Gasteiger partial charge is 0.317 e. The highest BCUT2D eigenvalue weighted by Gasteiger charge is 2.25. The fourth-order valence-corrected chi connectivity index (χ4v) is 2.18. The van der Waals surface area contributed by atoms with Gasteiger partial charge in [-0.1, -0.05) is 6.92 Å². The number of carboxylic acids is 1. The summed E-state index contributed by atoms with van der Waals surface area (Å²) in [6.45, 7) is 7.28. The molecule has 0 aromatic rings. The molecule has 1 aliphatic heterocycles. The first kappa shape index (κ1) is 15.8. The predicted octanol–water partition coefficient (Wildman–Crippen LogP) is 1.31. The molecule has 0 spiro atoms. The van der Waals surface area contributed by atoms with Crippen molar-refractivity contribution >= 4 is 12.0 Å². The van der Waals surface area contributed by atoms with Crippen molar-refractivity contribution in [1.29, 1.82) is 0 Å². The van der Waals surface area contributed by atoms with Gasteiger partial charge in [0.1, 0.15) is 0 Å². The van der Waals surface area contributed by atoms with E-state index in [2.05, 4.69) is 5.32 Å². The minimum Gasteiger partial charge on any atom is -0.481 e. The van der Waals surface area contributed by atoms with Crippen LogP contribution in [0.25, 0.3) is 0 Å². The first-order valence-corrected chi connectivity index (χ1v) is 6.81. The Morgan fingerprint density at radius 2 is 1.95 bits per heavy atom. The van der Waals surface area contributed by atoms with Crippen molar-refractivity contribution in [3.05, 3.63) is 0 Å². The Morgan fingerprint density at radius 3 is 2.47 bits per heavy atom. The molecular formula is C13H24N2O4. The van der Waals surface area contributed by atoms with E-state index in [4.69, 9.17) is 9.84 Å². The molecular weight excluding hydrogens is 248 g/mol. The molecule has 1 heterocycles. The van der Waals surface area contributed by atoms with Crippen LogP contribution in [0.1, 0.15) is 33.6 Å². The van der Waals surface area contributed by atoms with Gasteiger partial charge in [0.15, 0.2) is 0 Å². The van der Waals surface area contributed by atoms with Crippen molar-refractivity contribution in [3.63, 3.8) is 0 Å². The number of urea groups is 1. The number of hydrogen-bond donors (Lipinski definition) is 2. The van der Waals surface area contributed by atoms with Gasteiger partial charge in [-0.3, -0.25) is 4.79 Å². The zero-order valence-corrected chi connectivity index (χ0v) is 11.9. The van der Waals surface area contributed by atoms with Crippen molar-refractivity contribution in [3.8, 4) is 0 Å². The summed E-state index contributed by atoms with van der Waals surface area (Å²) in [6, 6.07) is -0.0926. The van der Waals surface area contributed by atoms with Gasteiger partial charge in [0.05, 0.1) is 18.1 Å². The molecule has 110 valence electrons. The van der Waals surface area contributed by atoms with Crippen molar-refractivity contribution in [2.45, 2.75) is 45.8 Å². The molecule has 0 aliphatic carbocycles. The summed E-state index contributed by atoms with van der Waals surface area (Å²) in [7, 11) is 0. The van der Waals surface area contributed by atoms with Crippen LogP contribution in [-0.4, -0.2) is 53.8 Å². The molecule has 0 aromatic carbocycles. The lowest BCUT2D eigenvalue weighted by Crippen LogP contribution is -2.51. The third-order valence-electron chi connectivity index (χ3n) is 3.22. The topological polar surface area (TPSA) is 78.9 Å². The van der Waals surface area contributed by atoms with Crippen molar-refractivity contribution in [1.82, 2.24) is 10.2 Å². The van der Waals surface area contributed by atoms with Crippen LogP contribution < -0.4 is 5.32 Å². The summed E-state index contributed by atoms with van der Waals surface area (Å²) >= 11 is 0. The van der Waals surface area contributed by atoms with Crippen LogP contribution in [0.4, 0.5) is 4.79 Å². The Labute approximate surface area is 114 Å². The SMILES string of the molecule is CC1CN(C(=O)NCCCC(C)C(=O)O)CC(C)O1. The van der Waals surface area contributed by atoms with Gasteiger partial charge in [0.2, 0.25) is 0 Å². The number of rotatable bonds is 5. The van der Waals surface area contributed by atoms with E-state index in [1.165, 1.54) is 0 Å². The van der Waals surface area contributed by atoms with E-state index in [1.54, 1.807) is 11.8 Å². The Kier molecular flexibility index (Phi) is 6.08. The van der Waals surface area contributed by atoms with E-state index in [-0.39, 0.29) is 24.2 Å². The number of morpholine rings is 1. The molecule has 3 atom stereocenters. The fourth-order valence-electron chi connectivity index (χ4n) is 2.18. The van der Waals surface area contributed by atoms with Crippen LogP contribution in [0.5, 0.6) is 0 Å². The molecule has 19 heavy (non-hydrogen) atoms. The molecule has 2 N–H and O–H groups in total. The van der Waals surface area contributed by atoms with Crippen molar-refractivity contribution < 1.29 is 19.4 Å². The normalized spacial score (nSPS) is 24.9. The minimum absolute atomic E-state index is 0.0570. The molecule has 0 bridgehead atoms. The second-order valence-electron chi connectivity index (χ2n) is 5.28. The maximum Gasteiger partial charge on any atom is 0.317 e. The van der Waals surface area contributed by atoms with Crippen molar-refractivity contribution in [2.24, 2.45) is 5.92 Å². The van der Waals surface area contributed by atoms with Gasteiger partial charge in [-0.05, 0) is 26.7 Å². The zero-order valence-electron chi connectivity index (χ0n) is 11.9. The highest BCUT2D eigenvalue weighted by atomic mass is 16.5. The number of carbonyl (C=O) groups is 2. The quantitative estimate of drug-likeness (QED) is 0.740. The van der Waals surface area contributed by atoms with E-state index in [0.29, 0.717) is 32.5 Å². The van der Waals surface area contributed by atoms with Gasteiger partial charge in [0.25, 0.3) is 0 Å². The molecule has 1 saturated heterocycles. The highest BCUT2D eigenvalue weighted by Crippen LogP contribution is 2.10. The Morgan fingerprint density at radius 1 is 1.37 bits per heavy atom. The van der Waals surface area contributed by atoms with Crippen LogP contribution in [0.2, 0.25) is 0 Å². The first-order valence-electron chi connectivity index (χ1n) is 6.81. The molecule has 6 nitrogen and oxygen atoms in total. The number of carboxylic acid groups (broad SMARTS) is 1. The second kappa shape index (κ2) is 7.33. The number of amides is 2. The molecule has 1 rings (SSSR count). The summed E-state index contributed by atoms with van der Waals surface area (Å²) < 4.78 is 5.56. The van der Waals surface area contributed by atoms with E-state index >= 15 is 0 Å². The standard InChI is InChI=1S/C13H24N2O4/c1-9(12(16)17)5-4-6-14-13(18)15-7-10(2)19-11(3)8-15/h9-11H,4-8H2,1-3H3,(H,14,18)(H,16,17). The number of ether oxygens (including phenoxy) is 1. The lowest BCUT2D eigenvalue weighted by atomic mass is 10.1. The Hall–Kier alpha value is -1.30. The predicted molar refractivity (Wildman–Crippen MR) is 71.0 cm³/mol. The molecule has 0 saturated carbocycles. The van der Waals surface area contributed by atoms with E-state index in [9.17, 15) is 9.59 Å². The zero-order chi connectivity index (χ0) is 14.4. The lowest BCUT2D eigenvalue weighted by molar-refractivity contribution is -0.141. The summed E-state index contributed by atoms with van der Waals surface area (Å²) in [5, 5.41) is 11.6. The number of hydrogen-bond acceptors (Lipinski definition) is 3. The Balaban J connectivity index is 2.22. The van der Waals surface area contributed by atoms with Gasteiger partial charge < -0.3 is 20.1 Å². The summed E-state index contributed by atoms with van der Waals surface area (Å²) in [4.78, 5) is 24.3. The first-order chi connectivity index (χ1) is 8.90. The summed E-state index contributed by atoms with van der Waals surface area (Å²) in [5.41, 5.74) is 0. The largest absolute Gasteiger partial charge is 0.481 e. The van der Waals surface area contributed by atoms with Gasteiger partial charge in [-0.2, -0.15) is 0 Å². The van der Waals surface area contributed by atoms with Gasteiger partial charge >= 0.3 is 12.0 Å². The van der Waals surface area contributed by atoms with Crippen LogP contribution in [0.15, 0.2) is 0 Å². The van der Waals surface area contributed by atoms with Crippen LogP contribution in [-0.2, 0) is 9.53 Å². The highest BCUT2D eigenvalue weighted by molar-refractivity contribution is 5.74. The van der Waals surface area contributed by atoms with Crippen LogP contribution in [0, 0.1) is 5.92 Å². The molecule has 6 heteroatoms. The van der Waals surface area contributed by atoms with E-state index in [0.717, 1.165) is 0 Å². The molecule has 3 unspecified atom stereocenters. The average molecular weight is 272 g/mol. The van der Waals surface area contributed by atoms with Gasteiger partial charge in [-0.25, -0.2) is 4.79 Å². The van der Waals surface area contributed by atoms with E-state index < -0.39 is 5.97 Å². The maximum atomic E-state index is 11.9. The van der Waals surface area contributed by atoms with Crippen LogP contribution in [0.3, 0.4) is 0 Å². The third kappa shape index (κ3) is 5.46. The molecule has 2 amide bonds. The molecule has 1 aliphatic rings. The minimum atomic E-state index is -0.790. The summed E-state index contributed by atoms with van der Waals surface area (Å²) in [5.74, 6) is -1.15. The van der Waals surface area contributed by atoms with Crippen molar-refractivity contribution in [2.75, 3.05) is 19.6 Å². The third-order valence-corrected chi connectivity index (χ3v) is 3.22. The van der Waals surface area contributed by atoms with E-state index in [1.807, 2.05) is 13.8 Å².